The highest BCUT2D eigenvalue weighted by atomic mass is 32.1. The van der Waals surface area contributed by atoms with Gasteiger partial charge in [0, 0.05) is 17.0 Å². The van der Waals surface area contributed by atoms with Gasteiger partial charge in [-0.05, 0) is 31.0 Å². The molecule has 0 aliphatic heterocycles. The molecule has 0 aliphatic carbocycles. The first kappa shape index (κ1) is 17.3. The molecule has 1 amide bonds. The highest BCUT2D eigenvalue weighted by Crippen LogP contribution is 2.37. The van der Waals surface area contributed by atoms with Crippen LogP contribution < -0.4 is 10.1 Å². The Kier molecular flexibility index (Phi) is 5.23. The van der Waals surface area contributed by atoms with Crippen molar-refractivity contribution in [1.29, 1.82) is 0 Å². The lowest BCUT2D eigenvalue weighted by atomic mass is 10.1. The van der Waals surface area contributed by atoms with Crippen molar-refractivity contribution in [3.63, 3.8) is 0 Å². The highest BCUT2D eigenvalue weighted by molar-refractivity contribution is 7.17. The Morgan fingerprint density at radius 3 is 2.80 bits per heavy atom. The summed E-state index contributed by atoms with van der Waals surface area (Å²) in [6.45, 7) is 3.82. The minimum absolute atomic E-state index is 0.0949. The van der Waals surface area contributed by atoms with Crippen molar-refractivity contribution in [3.05, 3.63) is 41.8 Å². The maximum absolute atomic E-state index is 13.2. The average molecular weight is 359 g/mol. The number of thiophene rings is 1. The number of halogens is 1. The molecule has 2 aromatic heterocycles. The molecule has 0 spiro atoms. The molecule has 7 heteroatoms. The zero-order chi connectivity index (χ0) is 17.8. The molecule has 130 valence electrons. The van der Waals surface area contributed by atoms with E-state index in [9.17, 15) is 9.18 Å². The molecular weight excluding hydrogens is 341 g/mol. The Morgan fingerprint density at radius 2 is 2.08 bits per heavy atom. The van der Waals surface area contributed by atoms with Gasteiger partial charge in [0.25, 0.3) is 5.91 Å². The van der Waals surface area contributed by atoms with Gasteiger partial charge in [0.2, 0.25) is 5.88 Å². The maximum Gasteiger partial charge on any atom is 0.258 e. The largest absolute Gasteiger partial charge is 0.467 e. The molecule has 0 fully saturated rings. The van der Waals surface area contributed by atoms with E-state index in [0.717, 1.165) is 27.8 Å². The van der Waals surface area contributed by atoms with E-state index in [1.165, 1.54) is 29.8 Å². The first-order valence-corrected chi connectivity index (χ1v) is 8.86. The Labute approximate surface area is 148 Å². The Bertz CT molecular complexity index is 880. The smallest absolute Gasteiger partial charge is 0.258 e. The number of amides is 1. The Morgan fingerprint density at radius 1 is 1.32 bits per heavy atom. The molecule has 25 heavy (non-hydrogen) atoms. The SMILES string of the molecule is CC[C@H](C)NC(=O)COc1ncnc2scc(-c3ccc(F)cc3)c12. The van der Waals surface area contributed by atoms with Crippen molar-refractivity contribution in [2.24, 2.45) is 0 Å². The second-order valence-corrected chi connectivity index (χ2v) is 6.54. The second kappa shape index (κ2) is 7.57. The van der Waals surface area contributed by atoms with Gasteiger partial charge < -0.3 is 10.1 Å². The van der Waals surface area contributed by atoms with Crippen LogP contribution in [0, 0.1) is 5.82 Å². The molecule has 0 saturated carbocycles. The summed E-state index contributed by atoms with van der Waals surface area (Å²) < 4.78 is 18.8. The minimum atomic E-state index is -0.294. The van der Waals surface area contributed by atoms with E-state index >= 15 is 0 Å². The number of benzene rings is 1. The number of ether oxygens (including phenoxy) is 1. The fraction of sp³-hybridized carbons (Fsp3) is 0.278. The number of hydrogen-bond donors (Lipinski definition) is 1. The van der Waals surface area contributed by atoms with Crippen molar-refractivity contribution in [3.8, 4) is 17.0 Å². The number of rotatable bonds is 6. The number of carbonyl (C=O) groups is 1. The molecule has 3 aromatic rings. The van der Waals surface area contributed by atoms with Crippen molar-refractivity contribution < 1.29 is 13.9 Å². The van der Waals surface area contributed by atoms with E-state index in [-0.39, 0.29) is 24.4 Å². The molecule has 0 unspecified atom stereocenters. The molecule has 0 aliphatic rings. The molecule has 0 bridgehead atoms. The lowest BCUT2D eigenvalue weighted by molar-refractivity contribution is -0.123. The predicted octanol–water partition coefficient (Wildman–Crippen LogP) is 3.79. The number of hydrogen-bond acceptors (Lipinski definition) is 5. The fourth-order valence-electron chi connectivity index (χ4n) is 2.35. The highest BCUT2D eigenvalue weighted by Gasteiger charge is 2.15. The Balaban J connectivity index is 1.87. The summed E-state index contributed by atoms with van der Waals surface area (Å²) in [5.41, 5.74) is 1.70. The van der Waals surface area contributed by atoms with Gasteiger partial charge in [0.1, 0.15) is 17.0 Å². The van der Waals surface area contributed by atoms with Gasteiger partial charge in [-0.1, -0.05) is 19.1 Å². The summed E-state index contributed by atoms with van der Waals surface area (Å²) in [6, 6.07) is 6.30. The zero-order valence-corrected chi connectivity index (χ0v) is 14.8. The molecular formula is C18H18FN3O2S. The summed E-state index contributed by atoms with van der Waals surface area (Å²) in [5, 5.41) is 5.51. The third-order valence-electron chi connectivity index (χ3n) is 3.85. The van der Waals surface area contributed by atoms with Crippen LogP contribution in [0.5, 0.6) is 5.88 Å². The van der Waals surface area contributed by atoms with Crippen LogP contribution in [-0.4, -0.2) is 28.5 Å². The summed E-state index contributed by atoms with van der Waals surface area (Å²) in [5.74, 6) is -0.137. The van der Waals surface area contributed by atoms with Crippen molar-refractivity contribution >= 4 is 27.5 Å². The Hall–Kier alpha value is -2.54. The van der Waals surface area contributed by atoms with Crippen LogP contribution in [0.25, 0.3) is 21.3 Å². The minimum Gasteiger partial charge on any atom is -0.467 e. The van der Waals surface area contributed by atoms with E-state index in [0.29, 0.717) is 5.88 Å². The summed E-state index contributed by atoms with van der Waals surface area (Å²) in [7, 11) is 0. The van der Waals surface area contributed by atoms with Gasteiger partial charge in [0.15, 0.2) is 6.61 Å². The van der Waals surface area contributed by atoms with E-state index in [1.54, 1.807) is 12.1 Å². The summed E-state index contributed by atoms with van der Waals surface area (Å²) in [6.07, 6.45) is 2.26. The first-order chi connectivity index (χ1) is 12.1. The molecule has 0 saturated heterocycles. The lowest BCUT2D eigenvalue weighted by Gasteiger charge is -2.12. The fourth-order valence-corrected chi connectivity index (χ4v) is 3.26. The third kappa shape index (κ3) is 3.93. The standard InChI is InChI=1S/C18H18FN3O2S/c1-3-11(2)22-15(23)8-24-17-16-14(9-25-18(16)21-10-20-17)12-4-6-13(19)7-5-12/h4-7,9-11H,3,8H2,1-2H3,(H,22,23)/t11-/m0/s1. The van der Waals surface area contributed by atoms with Crippen LogP contribution in [0.3, 0.4) is 0 Å². The summed E-state index contributed by atoms with van der Waals surface area (Å²) in [4.78, 5) is 21.1. The van der Waals surface area contributed by atoms with Gasteiger partial charge >= 0.3 is 0 Å². The van der Waals surface area contributed by atoms with Crippen LogP contribution in [0.1, 0.15) is 20.3 Å². The predicted molar refractivity (Wildman–Crippen MR) is 96.2 cm³/mol. The molecule has 1 aromatic carbocycles. The van der Waals surface area contributed by atoms with E-state index in [1.807, 2.05) is 19.2 Å². The quantitative estimate of drug-likeness (QED) is 0.727. The van der Waals surface area contributed by atoms with Gasteiger partial charge in [0.05, 0.1) is 5.39 Å². The van der Waals surface area contributed by atoms with Crippen LogP contribution in [0.4, 0.5) is 4.39 Å². The number of nitrogens with zero attached hydrogens (tertiary/aromatic N) is 2. The van der Waals surface area contributed by atoms with Crippen molar-refractivity contribution in [2.75, 3.05) is 6.61 Å². The first-order valence-electron chi connectivity index (χ1n) is 7.98. The van der Waals surface area contributed by atoms with Crippen LogP contribution >= 0.6 is 11.3 Å². The maximum atomic E-state index is 13.2. The van der Waals surface area contributed by atoms with Gasteiger partial charge in [-0.25, -0.2) is 14.4 Å². The van der Waals surface area contributed by atoms with E-state index in [4.69, 9.17) is 4.74 Å². The monoisotopic (exact) mass is 359 g/mol. The molecule has 3 rings (SSSR count). The van der Waals surface area contributed by atoms with Gasteiger partial charge in [-0.2, -0.15) is 0 Å². The topological polar surface area (TPSA) is 64.1 Å². The number of nitrogens with one attached hydrogen (secondary N) is 1. The van der Waals surface area contributed by atoms with E-state index < -0.39 is 0 Å². The zero-order valence-electron chi connectivity index (χ0n) is 14.0. The summed E-state index contributed by atoms with van der Waals surface area (Å²) >= 11 is 1.45. The molecule has 0 radical (unpaired) electrons. The molecule has 1 atom stereocenters. The third-order valence-corrected chi connectivity index (χ3v) is 4.74. The lowest BCUT2D eigenvalue weighted by Crippen LogP contribution is -2.35. The van der Waals surface area contributed by atoms with Crippen molar-refractivity contribution in [1.82, 2.24) is 15.3 Å². The van der Waals surface area contributed by atoms with Crippen LogP contribution in [0.15, 0.2) is 36.0 Å². The van der Waals surface area contributed by atoms with E-state index in [2.05, 4.69) is 15.3 Å². The van der Waals surface area contributed by atoms with Gasteiger partial charge in [-0.15, -0.1) is 11.3 Å². The average Bonchev–Trinajstić information content (AvgIpc) is 3.05. The normalized spacial score (nSPS) is 12.1. The van der Waals surface area contributed by atoms with Crippen molar-refractivity contribution in [2.45, 2.75) is 26.3 Å². The number of aromatic nitrogens is 2. The number of fused-ring (bicyclic) bond motifs is 1. The van der Waals surface area contributed by atoms with Crippen LogP contribution in [0.2, 0.25) is 0 Å². The second-order valence-electron chi connectivity index (χ2n) is 5.68. The molecule has 5 nitrogen and oxygen atoms in total. The molecule has 1 N–H and O–H groups in total. The molecule has 2 heterocycles. The number of carbonyl (C=O) groups excluding carboxylic acids is 1. The van der Waals surface area contributed by atoms with Gasteiger partial charge in [-0.3, -0.25) is 4.79 Å². The van der Waals surface area contributed by atoms with Crippen LogP contribution in [-0.2, 0) is 4.79 Å².